The molecule has 3 aromatic carbocycles. The van der Waals surface area contributed by atoms with Crippen LogP contribution in [0.1, 0.15) is 135 Å². The van der Waals surface area contributed by atoms with E-state index < -0.39 is 77.7 Å². The number of carboxylic acid groups (broad SMARTS) is 1. The smallest absolute Gasteiger partial charge is 0.408 e. The average Bonchev–Trinajstić information content (AvgIpc) is 1.94. The summed E-state index contributed by atoms with van der Waals surface area (Å²) >= 11 is 0. The Morgan fingerprint density at radius 2 is 0.882 bits per heavy atom. The average molecular weight is 1180 g/mol. The molecule has 29 heteroatoms. The van der Waals surface area contributed by atoms with Crippen molar-refractivity contribution in [2.24, 2.45) is 5.73 Å². The first-order valence-electron chi connectivity index (χ1n) is 26.5. The third-order valence-electron chi connectivity index (χ3n) is 13.1. The lowest BCUT2D eigenvalue weighted by atomic mass is 10.0. The Balaban J connectivity index is 0.000000216. The number of imide groups is 3. The van der Waals surface area contributed by atoms with E-state index in [1.165, 1.54) is 14.7 Å². The van der Waals surface area contributed by atoms with Crippen LogP contribution < -0.4 is 48.7 Å². The molecule has 0 aromatic heterocycles. The minimum absolute atomic E-state index is 0. The van der Waals surface area contributed by atoms with Gasteiger partial charge >= 0.3 is 18.2 Å². The summed E-state index contributed by atoms with van der Waals surface area (Å²) in [5.74, 6) is -5.09. The quantitative estimate of drug-likeness (QED) is 0.102. The number of ether oxygens (including phenoxy) is 2. The fourth-order valence-corrected chi connectivity index (χ4v) is 9.34. The van der Waals surface area contributed by atoms with E-state index in [0.717, 1.165) is 5.56 Å². The van der Waals surface area contributed by atoms with Gasteiger partial charge in [0.1, 0.15) is 42.4 Å². The van der Waals surface area contributed by atoms with Gasteiger partial charge in [-0.3, -0.25) is 73.5 Å². The molecule has 0 saturated carbocycles. The van der Waals surface area contributed by atoms with Crippen LogP contribution in [0, 0.1) is 0 Å². The van der Waals surface area contributed by atoms with E-state index in [4.69, 9.17) is 26.0 Å². The summed E-state index contributed by atoms with van der Waals surface area (Å²) in [7, 11) is 0. The molecule has 0 bridgehead atoms. The van der Waals surface area contributed by atoms with Crippen LogP contribution >= 0.6 is 0 Å². The summed E-state index contributed by atoms with van der Waals surface area (Å²) in [6.45, 7) is 10.0. The molecule has 6 heterocycles. The van der Waals surface area contributed by atoms with Gasteiger partial charge in [-0.1, -0.05) is 25.6 Å². The van der Waals surface area contributed by atoms with Crippen LogP contribution in [0.2, 0.25) is 0 Å². The Labute approximate surface area is 487 Å². The van der Waals surface area contributed by atoms with E-state index in [2.05, 4.69) is 37.2 Å². The summed E-state index contributed by atoms with van der Waals surface area (Å²) in [6.07, 6.45) is 0.112. The van der Waals surface area contributed by atoms with Crippen molar-refractivity contribution >= 4 is 100 Å². The van der Waals surface area contributed by atoms with Gasteiger partial charge < -0.3 is 62.0 Å². The molecule has 3 atom stereocenters. The summed E-state index contributed by atoms with van der Waals surface area (Å²) < 4.78 is 9.86. The van der Waals surface area contributed by atoms with Crippen molar-refractivity contribution < 1.29 is 81.7 Å². The highest BCUT2D eigenvalue weighted by Gasteiger charge is 2.43. The predicted octanol–water partition coefficient (Wildman–Crippen LogP) is 1.52. The molecule has 0 radical (unpaired) electrons. The Morgan fingerprint density at radius 1 is 0.541 bits per heavy atom. The lowest BCUT2D eigenvalue weighted by molar-refractivity contribution is -0.138. The second-order valence-electron chi connectivity index (χ2n) is 21.6. The van der Waals surface area contributed by atoms with Crippen LogP contribution in [0.3, 0.4) is 0 Å². The summed E-state index contributed by atoms with van der Waals surface area (Å²) in [6, 6.07) is 13.1. The first kappa shape index (κ1) is 66.0. The van der Waals surface area contributed by atoms with Gasteiger partial charge in [-0.2, -0.15) is 0 Å². The van der Waals surface area contributed by atoms with E-state index >= 15 is 0 Å². The van der Waals surface area contributed by atoms with Gasteiger partial charge in [0, 0.05) is 89.3 Å². The third-order valence-corrected chi connectivity index (χ3v) is 13.1. The Morgan fingerprint density at radius 3 is 1.22 bits per heavy atom. The lowest BCUT2D eigenvalue weighted by Gasteiger charge is -2.29. The van der Waals surface area contributed by atoms with Gasteiger partial charge in [-0.15, -0.1) is 0 Å². The normalized spacial score (nSPS) is 18.6. The van der Waals surface area contributed by atoms with E-state index in [-0.39, 0.29) is 101 Å². The number of aliphatic carboxylic acids is 1. The van der Waals surface area contributed by atoms with E-state index in [1.807, 2.05) is 0 Å². The number of fused-ring (bicyclic) bond motifs is 3. The molecule has 3 saturated heterocycles. The topological polar surface area (TPSA) is 424 Å². The minimum atomic E-state index is -1.10. The molecule has 0 spiro atoms. The number of piperidine rings is 3. The number of carbonyl (C=O) groups excluding carboxylic acids is 13. The van der Waals surface area contributed by atoms with E-state index in [1.54, 1.807) is 96.1 Å². The summed E-state index contributed by atoms with van der Waals surface area (Å²) in [4.78, 5) is 168. The molecule has 456 valence electrons. The molecule has 12 N–H and O–H groups in total. The second-order valence-corrected chi connectivity index (χ2v) is 21.6. The van der Waals surface area contributed by atoms with E-state index in [0.29, 0.717) is 64.3 Å². The highest BCUT2D eigenvalue weighted by Crippen LogP contribution is 2.35. The Hall–Kier alpha value is -9.80. The van der Waals surface area contributed by atoms with Gasteiger partial charge in [0.25, 0.3) is 17.7 Å². The molecule has 6 aliphatic rings. The van der Waals surface area contributed by atoms with Crippen LogP contribution in [-0.2, 0) is 72.3 Å². The third kappa shape index (κ3) is 17.4. The molecule has 29 nitrogen and oxygen atoms in total. The molecule has 3 unspecified atom stereocenters. The van der Waals surface area contributed by atoms with Crippen LogP contribution in [0.5, 0.6) is 0 Å². The van der Waals surface area contributed by atoms with Crippen molar-refractivity contribution in [1.82, 2.24) is 41.3 Å². The van der Waals surface area contributed by atoms with Crippen molar-refractivity contribution in [1.29, 1.82) is 0 Å². The molecule has 6 aliphatic heterocycles. The van der Waals surface area contributed by atoms with Crippen molar-refractivity contribution in [3.05, 3.63) is 88.0 Å². The highest BCUT2D eigenvalue weighted by molar-refractivity contribution is 6.09. The molecule has 3 aromatic rings. The number of carbonyl (C=O) groups is 14. The van der Waals surface area contributed by atoms with Crippen molar-refractivity contribution in [2.75, 3.05) is 36.0 Å². The van der Waals surface area contributed by atoms with Gasteiger partial charge in [0.2, 0.25) is 47.3 Å². The van der Waals surface area contributed by atoms with Gasteiger partial charge in [0.15, 0.2) is 0 Å². The maximum atomic E-state index is 12.8. The first-order valence-corrected chi connectivity index (χ1v) is 26.5. The number of alkyl carbamates (subject to hydrolysis) is 2. The number of anilines is 3. The van der Waals surface area contributed by atoms with Crippen LogP contribution in [0.4, 0.5) is 26.7 Å². The molecule has 3 fully saturated rings. The van der Waals surface area contributed by atoms with Gasteiger partial charge in [0.05, 0.1) is 6.54 Å². The molecule has 9 rings (SSSR count). The van der Waals surface area contributed by atoms with Crippen molar-refractivity contribution in [2.45, 2.75) is 136 Å². The summed E-state index contributed by atoms with van der Waals surface area (Å²) in [5.41, 5.74) is 14.7. The standard InChI is InChI=1S/C20H24N4O6.C15H16N4O4.C13H13N3O3.C7H13NO4.CH4/c1-20(2,3)30-19(29)21-9-16(26)22-13-6-4-5-11-12(13)10-24(18(11)28)14-7-8-15(25)23-17(14)27;16-6-13(21)17-10-3-1-2-8-9(10)7-19(15(8)23)11-4-5-12(20)18-14(11)22;14-9-3-1-2-7-8(9)6-16(13(7)19)10-4-5-11(17)15-12(10)18;1-7(2,3)12-6(11)8-4-5(9)10;/h4-6,14H,7-10H2,1-3H3,(H,21,29)(H,22,26)(H,23,25,27);1-3,11H,4-7,16H2,(H,17,21)(H,18,20,22);1-3,10H,4-6,14H2,(H,15,17,18);4H2,1-3H3,(H,8,11)(H,9,10);1H4. The largest absolute Gasteiger partial charge is 0.480 e. The SMILES string of the molecule is C.CC(C)(C)OC(=O)NCC(=O)Nc1cccc2c1CN(C1CCC(=O)NC1=O)C2=O.CC(C)(C)OC(=O)NCC(=O)O.NCC(=O)Nc1cccc2c1CN(C1CCC(=O)NC1=O)C2=O.Nc1cccc2c1CN(C1CCC(=O)NC1=O)C2=O. The fraction of sp³-hybridized carbons (Fsp3) is 0.429. The lowest BCUT2D eigenvalue weighted by Crippen LogP contribution is -2.52. The number of hydrogen-bond acceptors (Lipinski definition) is 18. The molecular weight excluding hydrogens is 1110 g/mol. The number of nitrogens with two attached hydrogens (primary N) is 2. The van der Waals surface area contributed by atoms with Crippen LogP contribution in [-0.4, -0.2) is 152 Å². The van der Waals surface area contributed by atoms with Gasteiger partial charge in [-0.05, 0) is 97.2 Å². The van der Waals surface area contributed by atoms with Crippen LogP contribution in [0.15, 0.2) is 54.6 Å². The zero-order chi connectivity index (χ0) is 62.0. The first-order chi connectivity index (χ1) is 39.4. The molecule has 13 amide bonds. The summed E-state index contributed by atoms with van der Waals surface area (Å²) in [5, 5.41) is 24.7. The number of rotatable bonds is 10. The monoisotopic (exact) mass is 1180 g/mol. The fourth-order valence-electron chi connectivity index (χ4n) is 9.34. The number of nitrogen functional groups attached to an aromatic ring is 1. The van der Waals surface area contributed by atoms with E-state index in [9.17, 15) is 67.1 Å². The molecule has 0 aliphatic carbocycles. The zero-order valence-corrected chi connectivity index (χ0v) is 46.9. The Kier molecular flexibility index (Phi) is 21.7. The van der Waals surface area contributed by atoms with Gasteiger partial charge in [-0.25, -0.2) is 9.59 Å². The maximum Gasteiger partial charge on any atom is 0.408 e. The Bertz CT molecular complexity index is 3200. The number of carboxylic acids is 1. The number of amides is 13. The molecular formula is C56H70N12O17. The highest BCUT2D eigenvalue weighted by atomic mass is 16.6. The predicted molar refractivity (Wildman–Crippen MR) is 301 cm³/mol. The maximum absolute atomic E-state index is 12.8. The second kappa shape index (κ2) is 28.0. The number of benzene rings is 3. The van der Waals surface area contributed by atoms with Crippen molar-refractivity contribution in [3.8, 4) is 0 Å². The molecule has 85 heavy (non-hydrogen) atoms. The number of hydrogen-bond donors (Lipinski definition) is 10. The zero-order valence-electron chi connectivity index (χ0n) is 46.9. The number of nitrogens with zero attached hydrogens (tertiary/aromatic N) is 3. The minimum Gasteiger partial charge on any atom is -0.480 e. The van der Waals surface area contributed by atoms with Crippen molar-refractivity contribution in [3.63, 3.8) is 0 Å². The van der Waals surface area contributed by atoms with Crippen LogP contribution in [0.25, 0.3) is 0 Å². The number of nitrogens with one attached hydrogen (secondary N) is 7.